The predicted octanol–water partition coefficient (Wildman–Crippen LogP) is 4.28. The Morgan fingerprint density at radius 3 is 2.33 bits per heavy atom. The molecule has 0 radical (unpaired) electrons. The molecule has 4 heteroatoms. The van der Waals surface area contributed by atoms with Gasteiger partial charge in [-0.1, -0.05) is 42.5 Å². The second kappa shape index (κ2) is 7.25. The van der Waals surface area contributed by atoms with E-state index in [0.29, 0.717) is 4.58 Å². The number of hydrogen-bond acceptors (Lipinski definition) is 4. The second-order valence-electron chi connectivity index (χ2n) is 4.88. The van der Waals surface area contributed by atoms with Gasteiger partial charge in [0.25, 0.3) is 0 Å². The summed E-state index contributed by atoms with van der Waals surface area (Å²) in [5, 5.41) is 10.1. The van der Waals surface area contributed by atoms with Gasteiger partial charge in [0, 0.05) is 11.5 Å². The molecule has 0 spiro atoms. The van der Waals surface area contributed by atoms with E-state index in [1.54, 1.807) is 0 Å². The maximum absolute atomic E-state index is 10.1. The van der Waals surface area contributed by atoms with Crippen molar-refractivity contribution in [3.8, 4) is 5.75 Å². The third-order valence-corrected chi connectivity index (χ3v) is 6.47. The minimum absolute atomic E-state index is 0.274. The molecule has 0 amide bonds. The van der Waals surface area contributed by atoms with Crippen molar-refractivity contribution in [2.24, 2.45) is 0 Å². The fraction of sp³-hybridized carbons (Fsp3) is 0.294. The highest BCUT2D eigenvalue weighted by Gasteiger charge is 2.18. The molecule has 1 aliphatic rings. The monoisotopic (exact) mass is 318 g/mol. The Kier molecular flexibility index (Phi) is 5.12. The maximum atomic E-state index is 10.1. The first-order valence-electron chi connectivity index (χ1n) is 7.02. The van der Waals surface area contributed by atoms with E-state index in [1.807, 2.05) is 66.0 Å². The second-order valence-corrected chi connectivity index (χ2v) is 7.60. The van der Waals surface area contributed by atoms with Gasteiger partial charge in [-0.05, 0) is 23.3 Å². The van der Waals surface area contributed by atoms with Gasteiger partial charge >= 0.3 is 0 Å². The first kappa shape index (κ1) is 14.8. The summed E-state index contributed by atoms with van der Waals surface area (Å²) in [6.07, 6.45) is -0.591. The van der Waals surface area contributed by atoms with Crippen LogP contribution in [0.2, 0.25) is 0 Å². The Morgan fingerprint density at radius 1 is 1.00 bits per heavy atom. The molecule has 0 saturated carbocycles. The third-order valence-electron chi connectivity index (χ3n) is 3.37. The number of aliphatic hydroxyl groups is 1. The van der Waals surface area contributed by atoms with E-state index in [9.17, 15) is 5.11 Å². The van der Waals surface area contributed by atoms with Crippen LogP contribution < -0.4 is 4.74 Å². The fourth-order valence-electron chi connectivity index (χ4n) is 2.22. The van der Waals surface area contributed by atoms with E-state index >= 15 is 0 Å². The van der Waals surface area contributed by atoms with Gasteiger partial charge in [0.15, 0.2) is 0 Å². The van der Waals surface area contributed by atoms with Gasteiger partial charge in [0.2, 0.25) is 0 Å². The topological polar surface area (TPSA) is 29.5 Å². The minimum Gasteiger partial charge on any atom is -0.491 e. The highest BCUT2D eigenvalue weighted by Crippen LogP contribution is 2.45. The van der Waals surface area contributed by atoms with Gasteiger partial charge in [0.1, 0.15) is 18.5 Å². The van der Waals surface area contributed by atoms with E-state index in [2.05, 4.69) is 12.1 Å². The molecule has 1 unspecified atom stereocenters. The van der Waals surface area contributed by atoms with Crippen molar-refractivity contribution in [3.05, 3.63) is 65.7 Å². The summed E-state index contributed by atoms with van der Waals surface area (Å²) < 4.78 is 6.24. The Balaban J connectivity index is 1.55. The summed E-state index contributed by atoms with van der Waals surface area (Å²) in [6.45, 7) is 0.274. The van der Waals surface area contributed by atoms with Crippen LogP contribution in [-0.2, 0) is 0 Å². The van der Waals surface area contributed by atoms with Gasteiger partial charge in [-0.2, -0.15) is 0 Å². The van der Waals surface area contributed by atoms with Crippen molar-refractivity contribution >= 4 is 23.5 Å². The van der Waals surface area contributed by atoms with Crippen molar-refractivity contribution in [2.45, 2.75) is 10.7 Å². The summed E-state index contributed by atoms with van der Waals surface area (Å²) >= 11 is 4.00. The zero-order chi connectivity index (χ0) is 14.5. The number of rotatable bonds is 5. The van der Waals surface area contributed by atoms with Crippen molar-refractivity contribution < 1.29 is 9.84 Å². The molecule has 2 aromatic carbocycles. The average molecular weight is 318 g/mol. The summed E-state index contributed by atoms with van der Waals surface area (Å²) in [5.74, 6) is 3.27. The molecule has 0 bridgehead atoms. The third kappa shape index (κ3) is 3.96. The molecule has 0 aliphatic carbocycles. The summed E-state index contributed by atoms with van der Waals surface area (Å²) in [6, 6.07) is 17.8. The molecule has 1 fully saturated rings. The molecular weight excluding hydrogens is 300 g/mol. The lowest BCUT2D eigenvalue weighted by atomic mass is 10.1. The van der Waals surface area contributed by atoms with Gasteiger partial charge in [0.05, 0.1) is 4.58 Å². The van der Waals surface area contributed by atoms with Crippen LogP contribution in [0.1, 0.15) is 21.8 Å². The minimum atomic E-state index is -0.591. The molecule has 1 heterocycles. The SMILES string of the molecule is OC(COc1ccc(C2SCCS2)cc1)c1ccccc1. The van der Waals surface area contributed by atoms with Gasteiger partial charge in [-0.3, -0.25) is 0 Å². The largest absolute Gasteiger partial charge is 0.491 e. The number of hydrogen-bond donors (Lipinski definition) is 1. The van der Waals surface area contributed by atoms with Crippen LogP contribution in [0.25, 0.3) is 0 Å². The van der Waals surface area contributed by atoms with E-state index in [1.165, 1.54) is 17.1 Å². The molecule has 1 N–H and O–H groups in total. The van der Waals surface area contributed by atoms with Crippen molar-refractivity contribution in [2.75, 3.05) is 18.1 Å². The van der Waals surface area contributed by atoms with E-state index in [0.717, 1.165) is 11.3 Å². The quantitative estimate of drug-likeness (QED) is 0.891. The van der Waals surface area contributed by atoms with Gasteiger partial charge in [-0.25, -0.2) is 0 Å². The van der Waals surface area contributed by atoms with Crippen LogP contribution in [0.3, 0.4) is 0 Å². The normalized spacial score (nSPS) is 16.8. The standard InChI is InChI=1S/C17H18O2S2/c18-16(13-4-2-1-3-5-13)12-19-15-8-6-14(7-9-15)17-20-10-11-21-17/h1-9,16-18H,10-12H2. The number of ether oxygens (including phenoxy) is 1. The van der Waals surface area contributed by atoms with Crippen LogP contribution in [-0.4, -0.2) is 23.2 Å². The molecule has 1 atom stereocenters. The molecule has 2 nitrogen and oxygen atoms in total. The Bertz CT molecular complexity index is 551. The molecule has 110 valence electrons. The van der Waals surface area contributed by atoms with Gasteiger partial charge < -0.3 is 9.84 Å². The zero-order valence-electron chi connectivity index (χ0n) is 11.6. The summed E-state index contributed by atoms with van der Waals surface area (Å²) in [4.78, 5) is 0. The Morgan fingerprint density at radius 2 is 1.67 bits per heavy atom. The Hall–Kier alpha value is -1.10. The first-order chi connectivity index (χ1) is 10.3. The van der Waals surface area contributed by atoms with Crippen LogP contribution in [0.4, 0.5) is 0 Å². The summed E-state index contributed by atoms with van der Waals surface area (Å²) in [7, 11) is 0. The van der Waals surface area contributed by atoms with Crippen molar-refractivity contribution in [1.29, 1.82) is 0 Å². The van der Waals surface area contributed by atoms with E-state index < -0.39 is 6.10 Å². The predicted molar refractivity (Wildman–Crippen MR) is 91.0 cm³/mol. The molecular formula is C17H18O2S2. The lowest BCUT2D eigenvalue weighted by molar-refractivity contribution is 0.108. The average Bonchev–Trinajstić information content (AvgIpc) is 3.08. The Labute approximate surface area is 133 Å². The lowest BCUT2D eigenvalue weighted by Crippen LogP contribution is -2.09. The molecule has 0 aromatic heterocycles. The smallest absolute Gasteiger partial charge is 0.119 e. The zero-order valence-corrected chi connectivity index (χ0v) is 13.3. The molecule has 2 aromatic rings. The first-order valence-corrected chi connectivity index (χ1v) is 9.11. The van der Waals surface area contributed by atoms with Crippen LogP contribution in [0.15, 0.2) is 54.6 Å². The number of aliphatic hydroxyl groups excluding tert-OH is 1. The molecule has 21 heavy (non-hydrogen) atoms. The molecule has 1 aliphatic heterocycles. The van der Waals surface area contributed by atoms with Crippen LogP contribution >= 0.6 is 23.5 Å². The highest BCUT2D eigenvalue weighted by molar-refractivity contribution is 8.19. The lowest BCUT2D eigenvalue weighted by Gasteiger charge is -2.14. The van der Waals surface area contributed by atoms with E-state index in [-0.39, 0.29) is 6.61 Å². The number of thioether (sulfide) groups is 2. The van der Waals surface area contributed by atoms with E-state index in [4.69, 9.17) is 4.74 Å². The van der Waals surface area contributed by atoms with Crippen molar-refractivity contribution in [1.82, 2.24) is 0 Å². The number of benzene rings is 2. The molecule has 1 saturated heterocycles. The fourth-order valence-corrected chi connectivity index (χ4v) is 5.08. The van der Waals surface area contributed by atoms with Gasteiger partial charge in [-0.15, -0.1) is 23.5 Å². The summed E-state index contributed by atoms with van der Waals surface area (Å²) in [5.41, 5.74) is 2.23. The van der Waals surface area contributed by atoms with Crippen LogP contribution in [0.5, 0.6) is 5.75 Å². The van der Waals surface area contributed by atoms with Crippen LogP contribution in [0, 0.1) is 0 Å². The van der Waals surface area contributed by atoms with Crippen molar-refractivity contribution in [3.63, 3.8) is 0 Å². The molecule has 3 rings (SSSR count). The highest BCUT2D eigenvalue weighted by atomic mass is 32.2. The maximum Gasteiger partial charge on any atom is 0.119 e.